The van der Waals surface area contributed by atoms with Gasteiger partial charge in [0, 0.05) is 43.4 Å². The van der Waals surface area contributed by atoms with Crippen molar-refractivity contribution in [1.82, 2.24) is 20.0 Å². The molecule has 3 rings (SSSR count). The van der Waals surface area contributed by atoms with Gasteiger partial charge in [0.25, 0.3) is 0 Å². The zero-order valence-electron chi connectivity index (χ0n) is 19.3. The molecule has 0 radical (unpaired) electrons. The summed E-state index contributed by atoms with van der Waals surface area (Å²) in [6, 6.07) is 3.92. The van der Waals surface area contributed by atoms with E-state index in [0.717, 1.165) is 41.1 Å². The van der Waals surface area contributed by atoms with E-state index in [2.05, 4.69) is 41.1 Å². The number of carbonyl (C=O) groups excluding carboxylic acids is 1. The minimum atomic E-state index is -0.649. The lowest BCUT2D eigenvalue weighted by Gasteiger charge is -2.33. The Morgan fingerprint density at radius 3 is 2.62 bits per heavy atom. The van der Waals surface area contributed by atoms with E-state index in [1.807, 2.05) is 46.9 Å². The van der Waals surface area contributed by atoms with Crippen LogP contribution in [0.2, 0.25) is 0 Å². The zero-order valence-corrected chi connectivity index (χ0v) is 20.8. The van der Waals surface area contributed by atoms with Crippen LogP contribution in [0.4, 0.5) is 22.2 Å². The summed E-state index contributed by atoms with van der Waals surface area (Å²) in [7, 11) is 2.03. The number of aromatic nitrogens is 3. The van der Waals surface area contributed by atoms with Crippen LogP contribution < -0.4 is 10.2 Å². The molecule has 32 heavy (non-hydrogen) atoms. The minimum Gasteiger partial charge on any atom is -0.427 e. The third-order valence-electron chi connectivity index (χ3n) is 5.03. The second kappa shape index (κ2) is 10.4. The first-order valence-electron chi connectivity index (χ1n) is 10.7. The van der Waals surface area contributed by atoms with Gasteiger partial charge in [-0.25, -0.2) is 19.7 Å². The molecule has 1 N–H and O–H groups in total. The van der Waals surface area contributed by atoms with Gasteiger partial charge in [-0.15, -0.1) is 5.06 Å². The zero-order chi connectivity index (χ0) is 23.3. The normalized spacial score (nSPS) is 15.3. The molecule has 0 spiro atoms. The number of pyridine rings is 1. The quantitative estimate of drug-likeness (QED) is 0.559. The first kappa shape index (κ1) is 24.2. The Balaban J connectivity index is 1.51. The van der Waals surface area contributed by atoms with E-state index in [1.165, 1.54) is 0 Å². The lowest BCUT2D eigenvalue weighted by atomic mass is 9.97. The fourth-order valence-corrected chi connectivity index (χ4v) is 3.90. The number of anilines is 3. The molecule has 0 unspecified atom stereocenters. The van der Waals surface area contributed by atoms with E-state index in [1.54, 1.807) is 17.6 Å². The predicted molar refractivity (Wildman–Crippen MR) is 127 cm³/mol. The number of hydrogen-bond donors (Lipinski definition) is 1. The fraction of sp³-hybridized carbons (Fsp3) is 0.545. The van der Waals surface area contributed by atoms with Crippen LogP contribution >= 0.6 is 15.9 Å². The Labute approximate surface area is 197 Å². The summed E-state index contributed by atoms with van der Waals surface area (Å²) in [5.74, 6) is 2.77. The number of halogens is 1. The van der Waals surface area contributed by atoms with E-state index < -0.39 is 11.8 Å². The molecule has 1 saturated heterocycles. The molecular formula is C22H31BrN6O3. The highest BCUT2D eigenvalue weighted by atomic mass is 79.9. The van der Waals surface area contributed by atoms with Gasteiger partial charge in [0.15, 0.2) is 0 Å². The SMILES string of the molecule is Cc1cc(Br)cnc1Nc1cc(N(C)CC2CCN(OC(=O)OC(C)(C)C)CC2)ncn1. The lowest BCUT2D eigenvalue weighted by Crippen LogP contribution is -2.40. The molecule has 1 aliphatic heterocycles. The summed E-state index contributed by atoms with van der Waals surface area (Å²) in [5.41, 5.74) is 0.461. The van der Waals surface area contributed by atoms with Crippen molar-refractivity contribution in [2.75, 3.05) is 36.9 Å². The second-order valence-corrected chi connectivity index (χ2v) is 9.93. The maximum absolute atomic E-state index is 11.9. The van der Waals surface area contributed by atoms with Gasteiger partial charge in [-0.05, 0) is 74.0 Å². The van der Waals surface area contributed by atoms with Gasteiger partial charge < -0.3 is 19.8 Å². The Hall–Kier alpha value is -2.46. The number of hydroxylamine groups is 2. The number of aryl methyl sites for hydroxylation is 1. The average Bonchev–Trinajstić information content (AvgIpc) is 2.70. The highest BCUT2D eigenvalue weighted by molar-refractivity contribution is 9.10. The Morgan fingerprint density at radius 2 is 1.97 bits per heavy atom. The molecule has 0 aliphatic carbocycles. The summed E-state index contributed by atoms with van der Waals surface area (Å²) in [6.07, 6.45) is 4.50. The third kappa shape index (κ3) is 7.30. The highest BCUT2D eigenvalue weighted by Gasteiger charge is 2.26. The summed E-state index contributed by atoms with van der Waals surface area (Å²) in [4.78, 5) is 32.4. The van der Waals surface area contributed by atoms with E-state index in [9.17, 15) is 4.79 Å². The molecule has 9 nitrogen and oxygen atoms in total. The summed E-state index contributed by atoms with van der Waals surface area (Å²) >= 11 is 3.43. The van der Waals surface area contributed by atoms with E-state index >= 15 is 0 Å². The van der Waals surface area contributed by atoms with Gasteiger partial charge in [0.05, 0.1) is 0 Å². The van der Waals surface area contributed by atoms with Crippen molar-refractivity contribution in [2.45, 2.75) is 46.1 Å². The molecule has 1 fully saturated rings. The van der Waals surface area contributed by atoms with Gasteiger partial charge in [0.2, 0.25) is 0 Å². The molecule has 0 saturated carbocycles. The molecule has 3 heterocycles. The number of rotatable bonds is 6. The van der Waals surface area contributed by atoms with Crippen molar-refractivity contribution in [2.24, 2.45) is 5.92 Å². The number of carbonyl (C=O) groups is 1. The standard InChI is InChI=1S/C22H31BrN6O3/c1-15-10-17(23)12-24-20(15)27-18-11-19(26-14-25-18)28(5)13-16-6-8-29(9-7-16)32-21(30)31-22(2,3)4/h10-12,14,16H,6-9,13H2,1-5H3,(H,24,25,26,27). The number of hydrogen-bond acceptors (Lipinski definition) is 9. The minimum absolute atomic E-state index is 0.472. The van der Waals surface area contributed by atoms with Crippen molar-refractivity contribution in [3.63, 3.8) is 0 Å². The van der Waals surface area contributed by atoms with Crippen LogP contribution in [0.1, 0.15) is 39.2 Å². The molecule has 0 amide bonds. The number of nitrogens with one attached hydrogen (secondary N) is 1. The Kier molecular flexibility index (Phi) is 7.89. The van der Waals surface area contributed by atoms with Crippen molar-refractivity contribution < 1.29 is 14.4 Å². The maximum Gasteiger partial charge on any atom is 0.528 e. The van der Waals surface area contributed by atoms with Gasteiger partial charge in [-0.2, -0.15) is 0 Å². The van der Waals surface area contributed by atoms with Gasteiger partial charge in [0.1, 0.15) is 29.4 Å². The van der Waals surface area contributed by atoms with Crippen molar-refractivity contribution in [3.05, 3.63) is 34.7 Å². The van der Waals surface area contributed by atoms with Crippen molar-refractivity contribution in [3.8, 4) is 0 Å². The van der Waals surface area contributed by atoms with Crippen LogP contribution in [-0.2, 0) is 9.57 Å². The topological polar surface area (TPSA) is 92.7 Å². The molecule has 0 aromatic carbocycles. The number of ether oxygens (including phenoxy) is 1. The smallest absolute Gasteiger partial charge is 0.427 e. The molecule has 0 atom stereocenters. The van der Waals surface area contributed by atoms with Crippen LogP contribution in [0, 0.1) is 12.8 Å². The largest absolute Gasteiger partial charge is 0.528 e. The molecule has 0 bridgehead atoms. The Bertz CT molecular complexity index is 928. The van der Waals surface area contributed by atoms with Crippen LogP contribution in [0.3, 0.4) is 0 Å². The van der Waals surface area contributed by atoms with Crippen LogP contribution in [-0.4, -0.2) is 58.5 Å². The lowest BCUT2D eigenvalue weighted by molar-refractivity contribution is -0.154. The van der Waals surface area contributed by atoms with Crippen molar-refractivity contribution in [1.29, 1.82) is 0 Å². The monoisotopic (exact) mass is 506 g/mol. The van der Waals surface area contributed by atoms with Crippen LogP contribution in [0.5, 0.6) is 0 Å². The second-order valence-electron chi connectivity index (χ2n) is 9.01. The summed E-state index contributed by atoms with van der Waals surface area (Å²) in [5, 5.41) is 4.95. The average molecular weight is 507 g/mol. The summed E-state index contributed by atoms with van der Waals surface area (Å²) < 4.78 is 6.15. The van der Waals surface area contributed by atoms with Gasteiger partial charge in [-0.1, -0.05) is 0 Å². The molecule has 10 heteroatoms. The van der Waals surface area contributed by atoms with E-state index in [-0.39, 0.29) is 0 Å². The molecule has 174 valence electrons. The number of piperidine rings is 1. The third-order valence-corrected chi connectivity index (χ3v) is 5.47. The predicted octanol–water partition coefficient (Wildman–Crippen LogP) is 4.70. The van der Waals surface area contributed by atoms with E-state index in [4.69, 9.17) is 9.57 Å². The fourth-order valence-electron chi connectivity index (χ4n) is 3.45. The molecular weight excluding hydrogens is 476 g/mol. The maximum atomic E-state index is 11.9. The highest BCUT2D eigenvalue weighted by Crippen LogP contribution is 2.24. The first-order chi connectivity index (χ1) is 15.1. The van der Waals surface area contributed by atoms with Gasteiger partial charge in [-0.3, -0.25) is 0 Å². The molecule has 1 aliphatic rings. The molecule has 2 aromatic heterocycles. The first-order valence-corrected chi connectivity index (χ1v) is 11.5. The van der Waals surface area contributed by atoms with Crippen LogP contribution in [0.15, 0.2) is 29.1 Å². The number of nitrogens with zero attached hydrogens (tertiary/aromatic N) is 5. The molecule has 2 aromatic rings. The van der Waals surface area contributed by atoms with Crippen LogP contribution in [0.25, 0.3) is 0 Å². The van der Waals surface area contributed by atoms with Crippen molar-refractivity contribution >= 4 is 39.5 Å². The Morgan fingerprint density at radius 1 is 1.25 bits per heavy atom. The summed E-state index contributed by atoms with van der Waals surface area (Å²) in [6.45, 7) is 9.67. The van der Waals surface area contributed by atoms with Gasteiger partial charge >= 0.3 is 6.16 Å². The van der Waals surface area contributed by atoms with E-state index in [0.29, 0.717) is 24.8 Å².